The molecule has 0 saturated carbocycles. The highest BCUT2D eigenvalue weighted by Gasteiger charge is 2.20. The van der Waals surface area contributed by atoms with Crippen LogP contribution in [0.1, 0.15) is 19.4 Å². The Labute approximate surface area is 200 Å². The lowest BCUT2D eigenvalue weighted by atomic mass is 10.0. The Kier molecular flexibility index (Phi) is 6.84. The Morgan fingerprint density at radius 3 is 2.32 bits per heavy atom. The van der Waals surface area contributed by atoms with Crippen LogP contribution in [0.3, 0.4) is 0 Å². The number of nitrogens with zero attached hydrogens (tertiary/aromatic N) is 2. The van der Waals surface area contributed by atoms with Crippen molar-refractivity contribution in [3.8, 4) is 16.9 Å². The molecule has 4 aromatic rings. The minimum absolute atomic E-state index is 0.0375. The van der Waals surface area contributed by atoms with Crippen molar-refractivity contribution in [3.05, 3.63) is 88.8 Å². The van der Waals surface area contributed by atoms with Gasteiger partial charge in [-0.15, -0.1) is 0 Å². The van der Waals surface area contributed by atoms with E-state index in [1.807, 2.05) is 13.8 Å². The van der Waals surface area contributed by atoms with Crippen molar-refractivity contribution in [1.82, 2.24) is 9.47 Å². The van der Waals surface area contributed by atoms with Crippen LogP contribution in [-0.2, 0) is 6.54 Å². The average molecular weight is 487 g/mol. The number of fused-ring (bicyclic) bond motifs is 1. The van der Waals surface area contributed by atoms with Gasteiger partial charge in [0.15, 0.2) is 0 Å². The van der Waals surface area contributed by atoms with E-state index < -0.39 is 23.5 Å². The molecule has 0 bridgehead atoms. The first-order chi connectivity index (χ1) is 16.3. The van der Waals surface area contributed by atoms with Crippen LogP contribution >= 0.6 is 11.6 Å². The summed E-state index contributed by atoms with van der Waals surface area (Å²) >= 11 is 6.04. The Morgan fingerprint density at radius 2 is 1.68 bits per heavy atom. The first-order valence-corrected chi connectivity index (χ1v) is 11.2. The van der Waals surface area contributed by atoms with Crippen LogP contribution in [-0.4, -0.2) is 28.6 Å². The maximum absolute atomic E-state index is 14.3. The molecule has 176 valence electrons. The molecule has 0 saturated heterocycles. The molecular formula is C26H22ClF3N2O2. The van der Waals surface area contributed by atoms with Gasteiger partial charge in [0.05, 0.1) is 11.6 Å². The second-order valence-electron chi connectivity index (χ2n) is 7.68. The average Bonchev–Trinajstić information content (AvgIpc) is 3.22. The predicted octanol–water partition coefficient (Wildman–Crippen LogP) is 7.27. The maximum Gasteiger partial charge on any atom is 0.415 e. The molecule has 1 heterocycles. The highest BCUT2D eigenvalue weighted by atomic mass is 35.5. The van der Waals surface area contributed by atoms with Gasteiger partial charge >= 0.3 is 6.09 Å². The molecule has 0 fully saturated rings. The highest BCUT2D eigenvalue weighted by molar-refractivity contribution is 6.31. The summed E-state index contributed by atoms with van der Waals surface area (Å²) in [6, 6.07) is 13.1. The van der Waals surface area contributed by atoms with Crippen LogP contribution in [0.2, 0.25) is 5.02 Å². The van der Waals surface area contributed by atoms with Gasteiger partial charge in [0.25, 0.3) is 0 Å². The summed E-state index contributed by atoms with van der Waals surface area (Å²) in [6.07, 6.45) is 1.17. The Bertz CT molecular complexity index is 1350. The van der Waals surface area contributed by atoms with Gasteiger partial charge in [0, 0.05) is 41.3 Å². The number of aromatic nitrogens is 1. The maximum atomic E-state index is 14.3. The summed E-state index contributed by atoms with van der Waals surface area (Å²) < 4.78 is 49.8. The third kappa shape index (κ3) is 4.48. The fraction of sp³-hybridized carbons (Fsp3) is 0.192. The lowest BCUT2D eigenvalue weighted by Gasteiger charge is -2.20. The molecule has 34 heavy (non-hydrogen) atoms. The number of carbonyl (C=O) groups is 1. The summed E-state index contributed by atoms with van der Waals surface area (Å²) in [5.41, 5.74) is 1.64. The van der Waals surface area contributed by atoms with E-state index in [-0.39, 0.29) is 22.9 Å². The minimum Gasteiger partial charge on any atom is -0.410 e. The molecule has 4 nitrogen and oxygen atoms in total. The van der Waals surface area contributed by atoms with Crippen molar-refractivity contribution in [3.63, 3.8) is 0 Å². The number of carbonyl (C=O) groups excluding carboxylic acids is 1. The van der Waals surface area contributed by atoms with Crippen molar-refractivity contribution >= 4 is 28.6 Å². The first-order valence-electron chi connectivity index (χ1n) is 10.8. The minimum atomic E-state index is -0.642. The summed E-state index contributed by atoms with van der Waals surface area (Å²) in [4.78, 5) is 14.2. The van der Waals surface area contributed by atoms with Crippen molar-refractivity contribution in [2.75, 3.05) is 13.1 Å². The SMILES string of the molecule is CCN(CC)C(=O)Oc1ccc2c(ccn2Cc2c(F)cccc2F)c1-c1ccc(F)c(Cl)c1. The smallest absolute Gasteiger partial charge is 0.410 e. The number of hydrogen-bond donors (Lipinski definition) is 0. The molecule has 0 spiro atoms. The van der Waals surface area contributed by atoms with Gasteiger partial charge in [0.2, 0.25) is 0 Å². The van der Waals surface area contributed by atoms with Gasteiger partial charge in [0.1, 0.15) is 23.2 Å². The molecule has 0 radical (unpaired) electrons. The van der Waals surface area contributed by atoms with Gasteiger partial charge in [-0.1, -0.05) is 23.7 Å². The molecule has 3 aromatic carbocycles. The number of benzene rings is 3. The fourth-order valence-electron chi connectivity index (χ4n) is 3.92. The van der Waals surface area contributed by atoms with Crippen LogP contribution in [0.15, 0.2) is 60.8 Å². The molecule has 0 aliphatic rings. The normalized spacial score (nSPS) is 11.1. The zero-order valence-electron chi connectivity index (χ0n) is 18.6. The van der Waals surface area contributed by atoms with E-state index in [0.717, 1.165) is 0 Å². The van der Waals surface area contributed by atoms with Crippen LogP contribution in [0.5, 0.6) is 5.75 Å². The third-order valence-electron chi connectivity index (χ3n) is 5.73. The monoisotopic (exact) mass is 486 g/mol. The molecule has 0 atom stereocenters. The summed E-state index contributed by atoms with van der Waals surface area (Å²) in [6.45, 7) is 4.59. The molecule has 0 unspecified atom stereocenters. The highest BCUT2D eigenvalue weighted by Crippen LogP contribution is 2.39. The van der Waals surface area contributed by atoms with E-state index >= 15 is 0 Å². The molecular weight excluding hydrogens is 465 g/mol. The Balaban J connectivity index is 1.86. The number of amides is 1. The predicted molar refractivity (Wildman–Crippen MR) is 127 cm³/mol. The van der Waals surface area contributed by atoms with Crippen molar-refractivity contribution in [2.45, 2.75) is 20.4 Å². The lowest BCUT2D eigenvalue weighted by Crippen LogP contribution is -2.33. The molecule has 1 aromatic heterocycles. The summed E-state index contributed by atoms with van der Waals surface area (Å²) in [5, 5.41) is 0.577. The van der Waals surface area contributed by atoms with Gasteiger partial charge in [-0.2, -0.15) is 0 Å². The number of rotatable bonds is 6. The van der Waals surface area contributed by atoms with Crippen molar-refractivity contribution < 1.29 is 22.7 Å². The molecule has 4 rings (SSSR count). The van der Waals surface area contributed by atoms with E-state index in [9.17, 15) is 18.0 Å². The fourth-order valence-corrected chi connectivity index (χ4v) is 4.10. The second kappa shape index (κ2) is 9.81. The van der Waals surface area contributed by atoms with Crippen LogP contribution in [0.25, 0.3) is 22.0 Å². The van der Waals surface area contributed by atoms with Gasteiger partial charge in [-0.05, 0) is 61.9 Å². The molecule has 1 amide bonds. The zero-order chi connectivity index (χ0) is 24.4. The topological polar surface area (TPSA) is 34.5 Å². The Morgan fingerprint density at radius 1 is 0.971 bits per heavy atom. The Hall–Kier alpha value is -3.45. The number of ether oxygens (including phenoxy) is 1. The van der Waals surface area contributed by atoms with Gasteiger partial charge < -0.3 is 14.2 Å². The summed E-state index contributed by atoms with van der Waals surface area (Å²) in [7, 11) is 0. The standard InChI is InChI=1S/C26H22ClF3N2O2/c1-3-31(4-2)26(33)34-24-11-10-23-17(25(24)16-8-9-22(30)19(27)14-16)12-13-32(23)15-18-20(28)6-5-7-21(18)29/h5-14H,3-4,15H2,1-2H3. The summed E-state index contributed by atoms with van der Waals surface area (Å²) in [5.74, 6) is -1.59. The molecule has 0 aliphatic carbocycles. The largest absolute Gasteiger partial charge is 0.415 e. The quantitative estimate of drug-likeness (QED) is 0.287. The van der Waals surface area contributed by atoms with Crippen LogP contribution in [0, 0.1) is 17.5 Å². The zero-order valence-corrected chi connectivity index (χ0v) is 19.4. The molecule has 8 heteroatoms. The van der Waals surface area contributed by atoms with E-state index in [0.29, 0.717) is 35.1 Å². The first kappa shape index (κ1) is 23.7. The molecule has 0 N–H and O–H groups in total. The van der Waals surface area contributed by atoms with Crippen molar-refractivity contribution in [1.29, 1.82) is 0 Å². The van der Waals surface area contributed by atoms with E-state index in [1.165, 1.54) is 35.2 Å². The third-order valence-corrected chi connectivity index (χ3v) is 6.02. The van der Waals surface area contributed by atoms with Crippen molar-refractivity contribution in [2.24, 2.45) is 0 Å². The number of halogens is 4. The van der Waals surface area contributed by atoms with Crippen LogP contribution < -0.4 is 4.74 Å². The lowest BCUT2D eigenvalue weighted by molar-refractivity contribution is 0.157. The van der Waals surface area contributed by atoms with E-state index in [2.05, 4.69) is 0 Å². The van der Waals surface area contributed by atoms with Gasteiger partial charge in [-0.25, -0.2) is 18.0 Å². The van der Waals surface area contributed by atoms with E-state index in [4.69, 9.17) is 16.3 Å². The van der Waals surface area contributed by atoms with E-state index in [1.54, 1.807) is 35.0 Å². The van der Waals surface area contributed by atoms with Gasteiger partial charge in [-0.3, -0.25) is 0 Å². The van der Waals surface area contributed by atoms with Crippen LogP contribution in [0.4, 0.5) is 18.0 Å². The molecule has 0 aliphatic heterocycles. The number of hydrogen-bond acceptors (Lipinski definition) is 2. The second-order valence-corrected chi connectivity index (χ2v) is 8.09.